The number of nitrogens with zero attached hydrogens (tertiary/aromatic N) is 2. The van der Waals surface area contributed by atoms with Gasteiger partial charge in [-0.2, -0.15) is 5.10 Å². The maximum absolute atomic E-state index is 5.02. The Morgan fingerprint density at radius 3 is 2.12 bits per heavy atom. The van der Waals surface area contributed by atoms with Crippen molar-refractivity contribution in [3.8, 4) is 16.9 Å². The summed E-state index contributed by atoms with van der Waals surface area (Å²) in [5, 5.41) is 5.02. The molecular weight excluding hydrogens is 292 g/mol. The van der Waals surface area contributed by atoms with Crippen molar-refractivity contribution in [2.24, 2.45) is 5.92 Å². The molecule has 4 rings (SSSR count). The number of benzene rings is 2. The monoisotopic (exact) mass is 316 g/mol. The minimum absolute atomic E-state index is 0.605. The van der Waals surface area contributed by atoms with Crippen LogP contribution in [0.5, 0.6) is 0 Å². The summed E-state index contributed by atoms with van der Waals surface area (Å²) < 4.78 is 2.11. The Morgan fingerprint density at radius 1 is 0.833 bits per heavy atom. The first-order chi connectivity index (χ1) is 11.8. The Bertz CT molecular complexity index is 724. The summed E-state index contributed by atoms with van der Waals surface area (Å²) in [6.07, 6.45) is 5.18. The van der Waals surface area contributed by atoms with Gasteiger partial charge in [0.05, 0.1) is 17.1 Å². The Balaban J connectivity index is 1.76. The highest BCUT2D eigenvalue weighted by atomic mass is 15.3. The molecule has 0 unspecified atom stereocenters. The third kappa shape index (κ3) is 3.01. The van der Waals surface area contributed by atoms with E-state index in [1.165, 1.54) is 42.6 Å². The first-order valence-corrected chi connectivity index (χ1v) is 9.02. The minimum Gasteiger partial charge on any atom is -0.233 e. The van der Waals surface area contributed by atoms with Crippen molar-refractivity contribution in [2.45, 2.75) is 38.5 Å². The Hall–Kier alpha value is -2.35. The zero-order chi connectivity index (χ0) is 16.4. The van der Waals surface area contributed by atoms with E-state index in [2.05, 4.69) is 78.3 Å². The molecule has 1 aliphatic carbocycles. The van der Waals surface area contributed by atoms with Crippen LogP contribution in [0.25, 0.3) is 16.9 Å². The molecular formula is C22H24N2. The zero-order valence-corrected chi connectivity index (χ0v) is 14.2. The molecule has 1 saturated carbocycles. The maximum Gasteiger partial charge on any atom is 0.0743 e. The van der Waals surface area contributed by atoms with Crippen LogP contribution < -0.4 is 0 Å². The molecule has 2 heteroatoms. The average Bonchev–Trinajstić information content (AvgIpc) is 3.09. The van der Waals surface area contributed by atoms with Crippen LogP contribution in [0.1, 0.15) is 44.2 Å². The summed E-state index contributed by atoms with van der Waals surface area (Å²) in [6, 6.07) is 23.4. The highest BCUT2D eigenvalue weighted by Gasteiger charge is 2.23. The van der Waals surface area contributed by atoms with Crippen LogP contribution in [-0.4, -0.2) is 9.78 Å². The van der Waals surface area contributed by atoms with Crippen molar-refractivity contribution in [2.75, 3.05) is 0 Å². The van der Waals surface area contributed by atoms with Crippen LogP contribution >= 0.6 is 0 Å². The molecule has 122 valence electrons. The summed E-state index contributed by atoms with van der Waals surface area (Å²) in [7, 11) is 0. The predicted molar refractivity (Wildman–Crippen MR) is 99.4 cm³/mol. The molecule has 0 spiro atoms. The number of para-hydroxylation sites is 1. The van der Waals surface area contributed by atoms with Crippen molar-refractivity contribution in [1.82, 2.24) is 9.78 Å². The van der Waals surface area contributed by atoms with E-state index < -0.39 is 0 Å². The fraction of sp³-hybridized carbons (Fsp3) is 0.318. The molecule has 2 aromatic carbocycles. The van der Waals surface area contributed by atoms with Crippen molar-refractivity contribution in [3.63, 3.8) is 0 Å². The van der Waals surface area contributed by atoms with E-state index in [0.29, 0.717) is 5.92 Å². The van der Waals surface area contributed by atoms with Gasteiger partial charge in [-0.1, -0.05) is 68.3 Å². The molecule has 0 atom stereocenters. The maximum atomic E-state index is 5.02. The van der Waals surface area contributed by atoms with Gasteiger partial charge in [-0.15, -0.1) is 0 Å². The van der Waals surface area contributed by atoms with E-state index in [1.807, 2.05) is 0 Å². The molecule has 2 nitrogen and oxygen atoms in total. The predicted octanol–water partition coefficient (Wildman–Crippen LogP) is 5.83. The lowest BCUT2D eigenvalue weighted by atomic mass is 9.81. The van der Waals surface area contributed by atoms with E-state index in [4.69, 9.17) is 5.10 Å². The summed E-state index contributed by atoms with van der Waals surface area (Å²) in [5.41, 5.74) is 4.80. The zero-order valence-electron chi connectivity index (χ0n) is 14.2. The summed E-state index contributed by atoms with van der Waals surface area (Å²) >= 11 is 0. The Kier molecular flexibility index (Phi) is 4.20. The van der Waals surface area contributed by atoms with E-state index >= 15 is 0 Å². The molecule has 0 saturated heterocycles. The van der Waals surface area contributed by atoms with Gasteiger partial charge < -0.3 is 0 Å². The van der Waals surface area contributed by atoms with Gasteiger partial charge in [0.2, 0.25) is 0 Å². The quantitative estimate of drug-likeness (QED) is 0.594. The first kappa shape index (κ1) is 15.2. The third-order valence-electron chi connectivity index (χ3n) is 5.23. The normalized spacial score (nSPS) is 20.9. The van der Waals surface area contributed by atoms with Crippen molar-refractivity contribution >= 4 is 0 Å². The van der Waals surface area contributed by atoms with Crippen LogP contribution in [0.3, 0.4) is 0 Å². The van der Waals surface area contributed by atoms with Crippen molar-refractivity contribution in [1.29, 1.82) is 0 Å². The highest BCUT2D eigenvalue weighted by Crippen LogP contribution is 2.37. The third-order valence-corrected chi connectivity index (χ3v) is 5.23. The van der Waals surface area contributed by atoms with Gasteiger partial charge >= 0.3 is 0 Å². The second-order valence-corrected chi connectivity index (χ2v) is 7.02. The Morgan fingerprint density at radius 2 is 1.46 bits per heavy atom. The summed E-state index contributed by atoms with van der Waals surface area (Å²) in [6.45, 7) is 2.37. The largest absolute Gasteiger partial charge is 0.233 e. The molecule has 3 aromatic rings. The van der Waals surface area contributed by atoms with Gasteiger partial charge in [0, 0.05) is 11.5 Å². The van der Waals surface area contributed by atoms with E-state index in [-0.39, 0.29) is 0 Å². The molecule has 1 aromatic heterocycles. The Labute approximate surface area is 144 Å². The molecule has 0 radical (unpaired) electrons. The molecule has 1 aliphatic rings. The summed E-state index contributed by atoms with van der Waals surface area (Å²) in [5.74, 6) is 1.47. The van der Waals surface area contributed by atoms with Gasteiger partial charge in [-0.05, 0) is 37.0 Å². The first-order valence-electron chi connectivity index (χ1n) is 9.02. The number of hydrogen-bond acceptors (Lipinski definition) is 1. The van der Waals surface area contributed by atoms with Crippen LogP contribution in [-0.2, 0) is 0 Å². The van der Waals surface area contributed by atoms with Gasteiger partial charge in [0.15, 0.2) is 0 Å². The molecule has 0 bridgehead atoms. The number of hydrogen-bond donors (Lipinski definition) is 0. The lowest BCUT2D eigenvalue weighted by Crippen LogP contribution is -2.11. The van der Waals surface area contributed by atoms with Gasteiger partial charge in [-0.25, -0.2) is 4.68 Å². The second-order valence-electron chi connectivity index (χ2n) is 7.02. The van der Waals surface area contributed by atoms with Crippen LogP contribution in [0, 0.1) is 5.92 Å². The van der Waals surface area contributed by atoms with E-state index in [9.17, 15) is 0 Å². The van der Waals surface area contributed by atoms with Crippen LogP contribution in [0.2, 0.25) is 0 Å². The lowest BCUT2D eigenvalue weighted by Gasteiger charge is -2.24. The number of aromatic nitrogens is 2. The SMILES string of the molecule is CC1CCC(c2cc(-c3ccccc3)n(-c3ccccc3)n2)CC1. The van der Waals surface area contributed by atoms with E-state index in [0.717, 1.165) is 11.6 Å². The average molecular weight is 316 g/mol. The summed E-state index contributed by atoms with van der Waals surface area (Å²) in [4.78, 5) is 0. The van der Waals surface area contributed by atoms with Gasteiger partial charge in [-0.3, -0.25) is 0 Å². The van der Waals surface area contributed by atoms with Gasteiger partial charge in [0.1, 0.15) is 0 Å². The molecule has 0 N–H and O–H groups in total. The number of rotatable bonds is 3. The molecule has 1 fully saturated rings. The van der Waals surface area contributed by atoms with Crippen molar-refractivity contribution < 1.29 is 0 Å². The topological polar surface area (TPSA) is 17.8 Å². The smallest absolute Gasteiger partial charge is 0.0743 e. The lowest BCUT2D eigenvalue weighted by molar-refractivity contribution is 0.343. The fourth-order valence-corrected chi connectivity index (χ4v) is 3.74. The molecule has 0 amide bonds. The molecule has 0 aliphatic heterocycles. The second kappa shape index (κ2) is 6.64. The van der Waals surface area contributed by atoms with Gasteiger partial charge in [0.25, 0.3) is 0 Å². The van der Waals surface area contributed by atoms with Crippen molar-refractivity contribution in [3.05, 3.63) is 72.4 Å². The highest BCUT2D eigenvalue weighted by molar-refractivity contribution is 5.62. The van der Waals surface area contributed by atoms with Crippen LogP contribution in [0.4, 0.5) is 0 Å². The molecule has 1 heterocycles. The molecule has 24 heavy (non-hydrogen) atoms. The standard InChI is InChI=1S/C22H24N2/c1-17-12-14-18(15-13-17)21-16-22(19-8-4-2-5-9-19)24(23-21)20-10-6-3-7-11-20/h2-11,16-18H,12-15H2,1H3. The van der Waals surface area contributed by atoms with E-state index in [1.54, 1.807) is 0 Å². The van der Waals surface area contributed by atoms with Crippen LogP contribution in [0.15, 0.2) is 66.7 Å². The minimum atomic E-state index is 0.605. The fourth-order valence-electron chi connectivity index (χ4n) is 3.74.